The van der Waals surface area contributed by atoms with Crippen molar-refractivity contribution in [1.29, 1.82) is 0 Å². The van der Waals surface area contributed by atoms with E-state index in [1.807, 2.05) is 0 Å². The minimum absolute atomic E-state index is 0. The largest absolute Gasteiger partial charge is 1.00 e. The van der Waals surface area contributed by atoms with Gasteiger partial charge < -0.3 is 23.2 Å². The van der Waals surface area contributed by atoms with Crippen molar-refractivity contribution in [2.75, 3.05) is 0 Å². The van der Waals surface area contributed by atoms with Crippen LogP contribution in [-0.4, -0.2) is 29.4 Å². The molecule has 0 aromatic heterocycles. The SMILES string of the molecule is CC[C@@H](O)[C@@H](O)CCCC[B-](F)(F)F.[K+]. The van der Waals surface area contributed by atoms with Gasteiger partial charge in [0.25, 0.3) is 0 Å². The molecule has 2 N–H and O–H groups in total. The maximum atomic E-state index is 11.8. The van der Waals surface area contributed by atoms with Crippen LogP contribution in [0.5, 0.6) is 0 Å². The van der Waals surface area contributed by atoms with Crippen LogP contribution in [0.1, 0.15) is 32.6 Å². The van der Waals surface area contributed by atoms with Gasteiger partial charge in [0, 0.05) is 0 Å². The van der Waals surface area contributed by atoms with Crippen LogP contribution in [0.2, 0.25) is 6.32 Å². The smallest absolute Gasteiger partial charge is 0.449 e. The monoisotopic (exact) mass is 252 g/mol. The van der Waals surface area contributed by atoms with Gasteiger partial charge in [-0.1, -0.05) is 26.1 Å². The van der Waals surface area contributed by atoms with Gasteiger partial charge in [-0.15, -0.1) is 0 Å². The molecule has 0 saturated heterocycles. The van der Waals surface area contributed by atoms with Gasteiger partial charge in [0.2, 0.25) is 0 Å². The molecule has 0 bridgehead atoms. The molecule has 0 aliphatic heterocycles. The molecular weight excluding hydrogens is 235 g/mol. The van der Waals surface area contributed by atoms with Crippen molar-refractivity contribution in [1.82, 2.24) is 0 Å². The summed E-state index contributed by atoms with van der Waals surface area (Å²) < 4.78 is 35.3. The molecular formula is C8H17BF3KO2. The summed E-state index contributed by atoms with van der Waals surface area (Å²) in [6, 6.07) is 0. The first-order valence-corrected chi connectivity index (χ1v) is 4.94. The molecule has 0 aliphatic rings. The average molecular weight is 252 g/mol. The first kappa shape index (κ1) is 18.8. The molecule has 0 amide bonds. The Kier molecular flexibility index (Phi) is 11.8. The van der Waals surface area contributed by atoms with Crippen molar-refractivity contribution >= 4 is 6.98 Å². The zero-order chi connectivity index (χ0) is 11.2. The van der Waals surface area contributed by atoms with E-state index in [1.54, 1.807) is 6.92 Å². The number of unbranched alkanes of at least 4 members (excludes halogenated alkanes) is 1. The van der Waals surface area contributed by atoms with Crippen LogP contribution in [0.15, 0.2) is 0 Å². The van der Waals surface area contributed by atoms with E-state index in [0.717, 1.165) is 0 Å². The average Bonchev–Trinajstić information content (AvgIpc) is 2.09. The summed E-state index contributed by atoms with van der Waals surface area (Å²) in [5.74, 6) is 0. The van der Waals surface area contributed by atoms with Crippen LogP contribution in [0.4, 0.5) is 12.9 Å². The molecule has 0 aromatic carbocycles. The summed E-state index contributed by atoms with van der Waals surface area (Å²) in [7, 11) is 0. The summed E-state index contributed by atoms with van der Waals surface area (Å²) in [6.45, 7) is -2.98. The predicted molar refractivity (Wildman–Crippen MR) is 50.0 cm³/mol. The summed E-state index contributed by atoms with van der Waals surface area (Å²) in [5, 5.41) is 18.3. The van der Waals surface area contributed by atoms with Crippen molar-refractivity contribution < 1.29 is 74.5 Å². The molecule has 0 unspecified atom stereocenters. The molecule has 0 radical (unpaired) electrons. The normalized spacial score (nSPS) is 15.6. The Labute approximate surface area is 131 Å². The van der Waals surface area contributed by atoms with Gasteiger partial charge in [0.1, 0.15) is 0 Å². The Morgan fingerprint density at radius 2 is 1.60 bits per heavy atom. The fourth-order valence-corrected chi connectivity index (χ4v) is 1.19. The summed E-state index contributed by atoms with van der Waals surface area (Å²) in [5.41, 5.74) is 0. The molecule has 86 valence electrons. The van der Waals surface area contributed by atoms with Crippen LogP contribution in [-0.2, 0) is 0 Å². The number of aliphatic hydroxyl groups excluding tert-OH is 2. The Morgan fingerprint density at radius 1 is 1.07 bits per heavy atom. The molecule has 0 rings (SSSR count). The van der Waals surface area contributed by atoms with E-state index in [-0.39, 0.29) is 64.2 Å². The topological polar surface area (TPSA) is 40.5 Å². The van der Waals surface area contributed by atoms with E-state index in [1.165, 1.54) is 0 Å². The maximum Gasteiger partial charge on any atom is 1.00 e. The van der Waals surface area contributed by atoms with Gasteiger partial charge in [-0.3, -0.25) is 0 Å². The number of hydrogen-bond donors (Lipinski definition) is 2. The number of hydrogen-bond acceptors (Lipinski definition) is 2. The predicted octanol–water partition coefficient (Wildman–Crippen LogP) is -0.860. The third-order valence-corrected chi connectivity index (χ3v) is 2.14. The second-order valence-corrected chi connectivity index (χ2v) is 3.54. The molecule has 0 aromatic rings. The zero-order valence-corrected chi connectivity index (χ0v) is 12.4. The van der Waals surface area contributed by atoms with Gasteiger partial charge in [-0.2, -0.15) is 0 Å². The Balaban J connectivity index is 0. The van der Waals surface area contributed by atoms with Crippen molar-refractivity contribution in [3.05, 3.63) is 0 Å². The first-order valence-electron chi connectivity index (χ1n) is 4.94. The van der Waals surface area contributed by atoms with Gasteiger partial charge >= 0.3 is 58.4 Å². The van der Waals surface area contributed by atoms with E-state index in [4.69, 9.17) is 5.11 Å². The van der Waals surface area contributed by atoms with E-state index >= 15 is 0 Å². The first-order chi connectivity index (χ1) is 6.37. The standard InChI is InChI=1S/C8H17BF3O2.K/c1-2-7(13)8(14)5-3-4-6-9(10,11)12;/h7-8,13-14H,2-6H2,1H3;/q-1;+1/t7-,8+;/m1./s1. The molecule has 0 spiro atoms. The molecule has 2 nitrogen and oxygen atoms in total. The van der Waals surface area contributed by atoms with Crippen LogP contribution in [0.25, 0.3) is 0 Å². The van der Waals surface area contributed by atoms with Crippen LogP contribution >= 0.6 is 0 Å². The molecule has 0 heterocycles. The molecule has 0 saturated carbocycles. The third kappa shape index (κ3) is 11.7. The van der Waals surface area contributed by atoms with E-state index in [9.17, 15) is 18.1 Å². The van der Waals surface area contributed by atoms with Crippen molar-refractivity contribution in [2.24, 2.45) is 0 Å². The van der Waals surface area contributed by atoms with Crippen LogP contribution < -0.4 is 51.4 Å². The van der Waals surface area contributed by atoms with Gasteiger partial charge in [-0.25, -0.2) is 0 Å². The molecule has 7 heteroatoms. The zero-order valence-electron chi connectivity index (χ0n) is 9.30. The number of rotatable bonds is 7. The Bertz CT molecular complexity index is 157. The van der Waals surface area contributed by atoms with Crippen molar-refractivity contribution in [2.45, 2.75) is 51.1 Å². The summed E-state index contributed by atoms with van der Waals surface area (Å²) in [6.07, 6.45) is -1.45. The van der Waals surface area contributed by atoms with Gasteiger partial charge in [0.15, 0.2) is 0 Å². The number of halogens is 3. The number of aliphatic hydroxyl groups is 2. The summed E-state index contributed by atoms with van der Waals surface area (Å²) >= 11 is 0. The Morgan fingerprint density at radius 3 is 2.00 bits per heavy atom. The molecule has 15 heavy (non-hydrogen) atoms. The molecule has 0 aliphatic carbocycles. The minimum atomic E-state index is -4.70. The van der Waals surface area contributed by atoms with Crippen molar-refractivity contribution in [3.8, 4) is 0 Å². The Hall–Kier alpha value is 1.41. The fourth-order valence-electron chi connectivity index (χ4n) is 1.19. The van der Waals surface area contributed by atoms with E-state index in [0.29, 0.717) is 12.8 Å². The van der Waals surface area contributed by atoms with Crippen LogP contribution in [0.3, 0.4) is 0 Å². The van der Waals surface area contributed by atoms with E-state index in [2.05, 4.69) is 0 Å². The quantitative estimate of drug-likeness (QED) is 0.457. The third-order valence-electron chi connectivity index (χ3n) is 2.14. The summed E-state index contributed by atoms with van der Waals surface area (Å²) in [4.78, 5) is 0. The second-order valence-electron chi connectivity index (χ2n) is 3.54. The maximum absolute atomic E-state index is 11.8. The second kappa shape index (κ2) is 9.44. The molecule has 0 fully saturated rings. The van der Waals surface area contributed by atoms with E-state index < -0.39 is 25.5 Å². The fraction of sp³-hybridized carbons (Fsp3) is 1.00. The van der Waals surface area contributed by atoms with Crippen molar-refractivity contribution in [3.63, 3.8) is 0 Å². The van der Waals surface area contributed by atoms with Crippen LogP contribution in [0, 0.1) is 0 Å². The van der Waals surface area contributed by atoms with Gasteiger partial charge in [0.05, 0.1) is 12.2 Å². The minimum Gasteiger partial charge on any atom is -0.449 e. The molecule has 2 atom stereocenters. The van der Waals surface area contributed by atoms with Gasteiger partial charge in [-0.05, 0) is 12.8 Å².